The van der Waals surface area contributed by atoms with Gasteiger partial charge in [0.2, 0.25) is 5.91 Å². The Hall–Kier alpha value is -2.19. The van der Waals surface area contributed by atoms with Gasteiger partial charge < -0.3 is 5.32 Å². The molecule has 0 bridgehead atoms. The average molecular weight is 354 g/mol. The molecule has 4 rings (SSSR count). The number of carbonyl (C=O) groups excluding carboxylic acids is 1. The predicted octanol–water partition coefficient (Wildman–Crippen LogP) is 4.70. The van der Waals surface area contributed by atoms with E-state index in [0.717, 1.165) is 56.1 Å². The van der Waals surface area contributed by atoms with Crippen molar-refractivity contribution in [3.05, 3.63) is 51.7 Å². The number of nitrogens with zero attached hydrogens (tertiary/aromatic N) is 1. The number of halogens is 1. The Morgan fingerprint density at radius 1 is 1.16 bits per heavy atom. The normalized spacial score (nSPS) is 17.9. The van der Waals surface area contributed by atoms with Crippen LogP contribution in [-0.2, 0) is 23.1 Å². The zero-order chi connectivity index (χ0) is 17.4. The van der Waals surface area contributed by atoms with Crippen LogP contribution in [-0.4, -0.2) is 5.91 Å². The number of carbonyl (C=O) groups is 1. The summed E-state index contributed by atoms with van der Waals surface area (Å²) < 4.78 is 13.2. The fraction of sp³-hybridized carbons (Fsp3) is 0.400. The number of nitrogens with one attached hydrogen (secondary N) is 1. The Kier molecular flexibility index (Phi) is 4.09. The van der Waals surface area contributed by atoms with Crippen molar-refractivity contribution in [2.24, 2.45) is 0 Å². The van der Waals surface area contributed by atoms with E-state index in [-0.39, 0.29) is 11.7 Å². The molecule has 0 aliphatic heterocycles. The second-order valence-corrected chi connectivity index (χ2v) is 8.03. The topological polar surface area (TPSA) is 52.9 Å². The van der Waals surface area contributed by atoms with Crippen molar-refractivity contribution >= 4 is 22.2 Å². The number of hydrogen-bond acceptors (Lipinski definition) is 3. The molecule has 0 spiro atoms. The van der Waals surface area contributed by atoms with Crippen molar-refractivity contribution in [3.8, 4) is 6.07 Å². The molecule has 0 atom stereocenters. The minimum absolute atomic E-state index is 0.0690. The summed E-state index contributed by atoms with van der Waals surface area (Å²) in [6.07, 6.45) is 6.67. The molecule has 1 aromatic heterocycles. The van der Waals surface area contributed by atoms with Crippen LogP contribution < -0.4 is 5.32 Å². The van der Waals surface area contributed by atoms with Gasteiger partial charge in [0.25, 0.3) is 0 Å². The highest BCUT2D eigenvalue weighted by molar-refractivity contribution is 7.16. The first-order valence-electron chi connectivity index (χ1n) is 8.76. The lowest BCUT2D eigenvalue weighted by molar-refractivity contribution is -0.124. The van der Waals surface area contributed by atoms with Gasteiger partial charge >= 0.3 is 0 Å². The van der Waals surface area contributed by atoms with Gasteiger partial charge in [0, 0.05) is 4.88 Å². The molecule has 1 amide bonds. The highest BCUT2D eigenvalue weighted by Crippen LogP contribution is 2.46. The lowest BCUT2D eigenvalue weighted by Gasteiger charge is -2.40. The highest BCUT2D eigenvalue weighted by atomic mass is 32.1. The van der Waals surface area contributed by atoms with E-state index in [0.29, 0.717) is 10.6 Å². The minimum atomic E-state index is -0.592. The molecule has 1 heterocycles. The largest absolute Gasteiger partial charge is 0.316 e. The molecule has 5 heteroatoms. The maximum absolute atomic E-state index is 13.2. The van der Waals surface area contributed by atoms with Gasteiger partial charge in [-0.05, 0) is 61.8 Å². The first kappa shape index (κ1) is 16.3. The highest BCUT2D eigenvalue weighted by Gasteiger charge is 2.46. The molecule has 0 saturated heterocycles. The van der Waals surface area contributed by atoms with E-state index in [1.807, 2.05) is 0 Å². The molecule has 1 aromatic carbocycles. The molecular formula is C20H19FN2OS. The van der Waals surface area contributed by atoms with E-state index in [1.165, 1.54) is 17.0 Å². The molecular weight excluding hydrogens is 335 g/mol. The summed E-state index contributed by atoms with van der Waals surface area (Å²) in [6.45, 7) is 0. The van der Waals surface area contributed by atoms with E-state index in [1.54, 1.807) is 23.5 Å². The molecule has 1 saturated carbocycles. The van der Waals surface area contributed by atoms with Crippen LogP contribution in [0, 0.1) is 17.1 Å². The lowest BCUT2D eigenvalue weighted by Crippen LogP contribution is -2.46. The SMILES string of the molecule is N#Cc1c(NC(=O)C2(c3ccc(F)cc3)CCC2)sc2c1CCCC2. The second-order valence-electron chi connectivity index (χ2n) is 6.92. The summed E-state index contributed by atoms with van der Waals surface area (Å²) in [5, 5.41) is 13.3. The summed E-state index contributed by atoms with van der Waals surface area (Å²) in [5.74, 6) is -0.364. The van der Waals surface area contributed by atoms with Crippen LogP contribution in [0.25, 0.3) is 0 Å². The Morgan fingerprint density at radius 3 is 2.52 bits per heavy atom. The third-order valence-corrected chi connectivity index (χ3v) is 6.76. The Morgan fingerprint density at radius 2 is 1.88 bits per heavy atom. The monoisotopic (exact) mass is 354 g/mol. The van der Waals surface area contributed by atoms with Crippen LogP contribution in [0.3, 0.4) is 0 Å². The summed E-state index contributed by atoms with van der Waals surface area (Å²) in [4.78, 5) is 14.3. The van der Waals surface area contributed by atoms with Crippen molar-refractivity contribution in [1.29, 1.82) is 5.26 Å². The maximum atomic E-state index is 13.2. The van der Waals surface area contributed by atoms with Crippen LogP contribution >= 0.6 is 11.3 Å². The van der Waals surface area contributed by atoms with Gasteiger partial charge in [-0.1, -0.05) is 18.6 Å². The van der Waals surface area contributed by atoms with E-state index < -0.39 is 5.41 Å². The van der Waals surface area contributed by atoms with E-state index in [2.05, 4.69) is 11.4 Å². The quantitative estimate of drug-likeness (QED) is 0.869. The van der Waals surface area contributed by atoms with Gasteiger partial charge in [-0.2, -0.15) is 5.26 Å². The first-order valence-corrected chi connectivity index (χ1v) is 9.58. The summed E-state index contributed by atoms with van der Waals surface area (Å²) in [7, 11) is 0. The molecule has 2 aliphatic rings. The van der Waals surface area contributed by atoms with Crippen LogP contribution in [0.4, 0.5) is 9.39 Å². The van der Waals surface area contributed by atoms with Gasteiger partial charge in [-0.15, -0.1) is 11.3 Å². The number of fused-ring (bicyclic) bond motifs is 1. The summed E-state index contributed by atoms with van der Waals surface area (Å²) >= 11 is 1.55. The number of anilines is 1. The average Bonchev–Trinajstić information content (AvgIpc) is 2.92. The van der Waals surface area contributed by atoms with Crippen molar-refractivity contribution in [1.82, 2.24) is 0 Å². The van der Waals surface area contributed by atoms with E-state index in [9.17, 15) is 14.4 Å². The first-order chi connectivity index (χ1) is 12.1. The van der Waals surface area contributed by atoms with Crippen LogP contribution in [0.1, 0.15) is 53.7 Å². The van der Waals surface area contributed by atoms with Gasteiger partial charge in [0.05, 0.1) is 11.0 Å². The molecule has 0 radical (unpaired) electrons. The fourth-order valence-electron chi connectivity index (χ4n) is 3.94. The minimum Gasteiger partial charge on any atom is -0.316 e. The Labute approximate surface area is 150 Å². The standard InChI is InChI=1S/C20H19FN2OS/c21-14-8-6-13(7-9-14)20(10-3-11-20)19(24)23-18-16(12-22)15-4-1-2-5-17(15)25-18/h6-9H,1-5,10-11H2,(H,23,24). The number of aryl methyl sites for hydroxylation is 1. The van der Waals surface area contributed by atoms with Gasteiger partial charge in [0.1, 0.15) is 16.9 Å². The predicted molar refractivity (Wildman–Crippen MR) is 96.2 cm³/mol. The fourth-order valence-corrected chi connectivity index (χ4v) is 5.18. The summed E-state index contributed by atoms with van der Waals surface area (Å²) in [5.41, 5.74) is 2.03. The number of nitriles is 1. The summed E-state index contributed by atoms with van der Waals surface area (Å²) in [6, 6.07) is 8.52. The van der Waals surface area contributed by atoms with Crippen LogP contribution in [0.2, 0.25) is 0 Å². The second kappa shape index (κ2) is 6.27. The lowest BCUT2D eigenvalue weighted by atomic mass is 9.64. The van der Waals surface area contributed by atoms with Crippen molar-refractivity contribution in [3.63, 3.8) is 0 Å². The molecule has 1 fully saturated rings. The van der Waals surface area contributed by atoms with E-state index >= 15 is 0 Å². The molecule has 0 unspecified atom stereocenters. The van der Waals surface area contributed by atoms with Gasteiger partial charge in [0.15, 0.2) is 0 Å². The van der Waals surface area contributed by atoms with Crippen LogP contribution in [0.5, 0.6) is 0 Å². The Bertz CT molecular complexity index is 859. The molecule has 2 aliphatic carbocycles. The van der Waals surface area contributed by atoms with Crippen molar-refractivity contribution in [2.45, 2.75) is 50.4 Å². The maximum Gasteiger partial charge on any atom is 0.235 e. The number of amides is 1. The Balaban J connectivity index is 1.64. The number of benzene rings is 1. The van der Waals surface area contributed by atoms with Crippen LogP contribution in [0.15, 0.2) is 24.3 Å². The molecule has 25 heavy (non-hydrogen) atoms. The molecule has 128 valence electrons. The third-order valence-electron chi connectivity index (χ3n) is 5.55. The number of rotatable bonds is 3. The molecule has 2 aromatic rings. The van der Waals surface area contributed by atoms with Crippen molar-refractivity contribution in [2.75, 3.05) is 5.32 Å². The van der Waals surface area contributed by atoms with E-state index in [4.69, 9.17) is 0 Å². The van der Waals surface area contributed by atoms with Gasteiger partial charge in [-0.25, -0.2) is 4.39 Å². The van der Waals surface area contributed by atoms with Crippen molar-refractivity contribution < 1.29 is 9.18 Å². The van der Waals surface area contributed by atoms with Gasteiger partial charge in [-0.3, -0.25) is 4.79 Å². The number of thiophene rings is 1. The zero-order valence-corrected chi connectivity index (χ0v) is 14.7. The smallest absolute Gasteiger partial charge is 0.235 e. The molecule has 1 N–H and O–H groups in total. The third kappa shape index (κ3) is 2.65. The molecule has 3 nitrogen and oxygen atoms in total. The number of hydrogen-bond donors (Lipinski definition) is 1. The zero-order valence-electron chi connectivity index (χ0n) is 13.9.